The van der Waals surface area contributed by atoms with Crippen molar-refractivity contribution in [2.75, 3.05) is 6.61 Å². The lowest BCUT2D eigenvalue weighted by molar-refractivity contribution is 0.0884. The number of carbonyl (C=O) groups excluding carboxylic acids is 1. The molecule has 2 N–H and O–H groups in total. The van der Waals surface area contributed by atoms with Gasteiger partial charge in [0.25, 0.3) is 5.91 Å². The number of aliphatic hydroxyl groups excluding tert-OH is 1. The van der Waals surface area contributed by atoms with Crippen molar-refractivity contribution in [1.82, 2.24) is 5.32 Å². The fourth-order valence-corrected chi connectivity index (χ4v) is 2.51. The zero-order valence-corrected chi connectivity index (χ0v) is 14.1. The molecular weight excluding hydrogens is 353 g/mol. The number of carbonyl (C=O) groups is 1. The smallest absolute Gasteiger partial charge is 0.252 e. The maximum Gasteiger partial charge on any atom is 0.252 e. The van der Waals surface area contributed by atoms with Crippen LogP contribution in [0.1, 0.15) is 43.1 Å². The van der Waals surface area contributed by atoms with Gasteiger partial charge in [0.15, 0.2) is 0 Å². The molecule has 0 saturated heterocycles. The summed E-state index contributed by atoms with van der Waals surface area (Å²) in [5.41, 5.74) is 1.73. The minimum atomic E-state index is -0.0757. The summed E-state index contributed by atoms with van der Waals surface area (Å²) in [6, 6.07) is 5.68. The Balaban J connectivity index is 2.91. The van der Waals surface area contributed by atoms with E-state index in [-0.39, 0.29) is 24.0 Å². The molecule has 0 radical (unpaired) electrons. The van der Waals surface area contributed by atoms with Gasteiger partial charge in [-0.2, -0.15) is 0 Å². The first kappa shape index (κ1) is 16.4. The SMILES string of the molecule is Cc1cccc(C(=O)NC(CCO)C(C)(C)C)c1I. The van der Waals surface area contributed by atoms with Gasteiger partial charge in [0.1, 0.15) is 0 Å². The van der Waals surface area contributed by atoms with Gasteiger partial charge in [0, 0.05) is 16.2 Å². The van der Waals surface area contributed by atoms with Gasteiger partial charge >= 0.3 is 0 Å². The number of aliphatic hydroxyl groups is 1. The van der Waals surface area contributed by atoms with E-state index in [0.717, 1.165) is 9.13 Å². The van der Waals surface area contributed by atoms with Crippen LogP contribution in [0.25, 0.3) is 0 Å². The zero-order chi connectivity index (χ0) is 14.6. The van der Waals surface area contributed by atoms with Crippen molar-refractivity contribution in [2.45, 2.75) is 40.2 Å². The van der Waals surface area contributed by atoms with E-state index in [1.807, 2.05) is 25.1 Å². The first-order valence-corrected chi connectivity index (χ1v) is 7.52. The molecule has 3 nitrogen and oxygen atoms in total. The largest absolute Gasteiger partial charge is 0.396 e. The summed E-state index contributed by atoms with van der Waals surface area (Å²) in [7, 11) is 0. The van der Waals surface area contributed by atoms with Crippen molar-refractivity contribution in [3.63, 3.8) is 0 Å². The monoisotopic (exact) mass is 375 g/mol. The first-order chi connectivity index (χ1) is 8.77. The minimum absolute atomic E-state index is 0.0405. The highest BCUT2D eigenvalue weighted by Gasteiger charge is 2.26. The summed E-state index contributed by atoms with van der Waals surface area (Å²) >= 11 is 2.20. The Kier molecular flexibility index (Phi) is 5.80. The molecule has 1 atom stereocenters. The third-order valence-electron chi connectivity index (χ3n) is 3.20. The van der Waals surface area contributed by atoms with E-state index in [4.69, 9.17) is 5.11 Å². The summed E-state index contributed by atoms with van der Waals surface area (Å²) in [6.45, 7) is 8.26. The number of amides is 1. The molecule has 0 saturated carbocycles. The molecule has 19 heavy (non-hydrogen) atoms. The van der Waals surface area contributed by atoms with Crippen LogP contribution in [0.2, 0.25) is 0 Å². The number of benzene rings is 1. The highest BCUT2D eigenvalue weighted by Crippen LogP contribution is 2.23. The lowest BCUT2D eigenvalue weighted by Crippen LogP contribution is -2.44. The van der Waals surface area contributed by atoms with Gasteiger partial charge in [-0.3, -0.25) is 4.79 Å². The molecule has 1 aromatic carbocycles. The summed E-state index contributed by atoms with van der Waals surface area (Å²) in [4.78, 5) is 12.4. The zero-order valence-electron chi connectivity index (χ0n) is 12.0. The molecule has 0 aliphatic carbocycles. The van der Waals surface area contributed by atoms with Crippen molar-refractivity contribution in [3.05, 3.63) is 32.9 Å². The Labute approximate surface area is 128 Å². The fraction of sp³-hybridized carbons (Fsp3) is 0.533. The molecular formula is C15H22INO2. The predicted octanol–water partition coefficient (Wildman–Crippen LogP) is 3.13. The van der Waals surface area contributed by atoms with Crippen LogP contribution in [0, 0.1) is 15.9 Å². The Morgan fingerprint density at radius 1 is 1.42 bits per heavy atom. The van der Waals surface area contributed by atoms with Crippen molar-refractivity contribution < 1.29 is 9.90 Å². The van der Waals surface area contributed by atoms with Crippen molar-refractivity contribution in [2.24, 2.45) is 5.41 Å². The van der Waals surface area contributed by atoms with Gasteiger partial charge in [-0.1, -0.05) is 32.9 Å². The summed E-state index contributed by atoms with van der Waals surface area (Å²) in [6.07, 6.45) is 0.567. The molecule has 0 aromatic heterocycles. The van der Waals surface area contributed by atoms with Crippen LogP contribution in [-0.4, -0.2) is 23.7 Å². The average Bonchev–Trinajstić information content (AvgIpc) is 2.30. The summed E-state index contributed by atoms with van der Waals surface area (Å²) in [5.74, 6) is -0.0681. The maximum atomic E-state index is 12.4. The van der Waals surface area contributed by atoms with E-state index < -0.39 is 0 Å². The molecule has 1 unspecified atom stereocenters. The molecule has 0 heterocycles. The number of rotatable bonds is 4. The Bertz CT molecular complexity index is 452. The maximum absolute atomic E-state index is 12.4. The van der Waals surface area contributed by atoms with Gasteiger partial charge in [-0.25, -0.2) is 0 Å². The van der Waals surface area contributed by atoms with E-state index in [1.165, 1.54) is 0 Å². The third-order valence-corrected chi connectivity index (χ3v) is 4.64. The van der Waals surface area contributed by atoms with Crippen LogP contribution in [-0.2, 0) is 0 Å². The lowest BCUT2D eigenvalue weighted by Gasteiger charge is -2.31. The van der Waals surface area contributed by atoms with Gasteiger partial charge in [0.2, 0.25) is 0 Å². The van der Waals surface area contributed by atoms with Gasteiger partial charge in [0.05, 0.1) is 5.56 Å². The van der Waals surface area contributed by atoms with Crippen molar-refractivity contribution >= 4 is 28.5 Å². The third kappa shape index (κ3) is 4.45. The van der Waals surface area contributed by atoms with Gasteiger partial charge < -0.3 is 10.4 Å². The molecule has 0 aliphatic heterocycles. The molecule has 0 spiro atoms. The van der Waals surface area contributed by atoms with E-state index in [0.29, 0.717) is 12.0 Å². The second kappa shape index (κ2) is 6.70. The molecule has 1 aromatic rings. The highest BCUT2D eigenvalue weighted by molar-refractivity contribution is 14.1. The molecule has 0 fully saturated rings. The van der Waals surface area contributed by atoms with Crippen LogP contribution in [0.15, 0.2) is 18.2 Å². The lowest BCUT2D eigenvalue weighted by atomic mass is 9.84. The van der Waals surface area contributed by atoms with E-state index >= 15 is 0 Å². The van der Waals surface area contributed by atoms with E-state index in [2.05, 4.69) is 48.7 Å². The fourth-order valence-electron chi connectivity index (χ4n) is 1.91. The van der Waals surface area contributed by atoms with Gasteiger partial charge in [-0.05, 0) is 53.0 Å². The minimum Gasteiger partial charge on any atom is -0.396 e. The average molecular weight is 375 g/mol. The molecule has 4 heteroatoms. The second-order valence-electron chi connectivity index (χ2n) is 5.84. The van der Waals surface area contributed by atoms with Crippen LogP contribution >= 0.6 is 22.6 Å². The Morgan fingerprint density at radius 2 is 2.05 bits per heavy atom. The van der Waals surface area contributed by atoms with E-state index in [9.17, 15) is 4.79 Å². The summed E-state index contributed by atoms with van der Waals surface area (Å²) < 4.78 is 0.981. The number of halogens is 1. The molecule has 1 amide bonds. The number of nitrogens with one attached hydrogen (secondary N) is 1. The molecule has 0 bridgehead atoms. The molecule has 1 rings (SSSR count). The Morgan fingerprint density at radius 3 is 2.58 bits per heavy atom. The normalized spacial score (nSPS) is 13.2. The predicted molar refractivity (Wildman–Crippen MR) is 86.3 cm³/mol. The van der Waals surface area contributed by atoms with E-state index in [1.54, 1.807) is 0 Å². The number of aryl methyl sites for hydroxylation is 1. The number of hydrogen-bond donors (Lipinski definition) is 2. The quantitative estimate of drug-likeness (QED) is 0.795. The standard InChI is InChI=1S/C15H22INO2/c1-10-6-5-7-11(13(10)16)14(19)17-12(8-9-18)15(2,3)4/h5-7,12,18H,8-9H2,1-4H3,(H,17,19). The van der Waals surface area contributed by atoms with Crippen molar-refractivity contribution in [1.29, 1.82) is 0 Å². The van der Waals surface area contributed by atoms with Crippen LogP contribution in [0.4, 0.5) is 0 Å². The highest BCUT2D eigenvalue weighted by atomic mass is 127. The van der Waals surface area contributed by atoms with Crippen LogP contribution in [0.3, 0.4) is 0 Å². The Hall–Kier alpha value is -0.620. The van der Waals surface area contributed by atoms with Crippen LogP contribution < -0.4 is 5.32 Å². The van der Waals surface area contributed by atoms with Crippen LogP contribution in [0.5, 0.6) is 0 Å². The van der Waals surface area contributed by atoms with Crippen molar-refractivity contribution in [3.8, 4) is 0 Å². The second-order valence-corrected chi connectivity index (χ2v) is 6.92. The number of hydrogen-bond acceptors (Lipinski definition) is 2. The molecule has 106 valence electrons. The first-order valence-electron chi connectivity index (χ1n) is 6.44. The van der Waals surface area contributed by atoms with Gasteiger partial charge in [-0.15, -0.1) is 0 Å². The molecule has 0 aliphatic rings. The summed E-state index contributed by atoms with van der Waals surface area (Å²) in [5, 5.41) is 12.2. The topological polar surface area (TPSA) is 49.3 Å².